The SMILES string of the molecule is COc1ccc(O)c(C(=O)c2cc(N)cc(N)c2)c1. The lowest BCUT2D eigenvalue weighted by Crippen LogP contribution is -2.04. The molecule has 2 rings (SSSR count). The Morgan fingerprint density at radius 3 is 2.32 bits per heavy atom. The topological polar surface area (TPSA) is 98.6 Å². The van der Waals surface area contributed by atoms with Crippen LogP contribution < -0.4 is 16.2 Å². The number of anilines is 2. The Balaban J connectivity index is 2.49. The Labute approximate surface area is 110 Å². The lowest BCUT2D eigenvalue weighted by Gasteiger charge is -2.08. The highest BCUT2D eigenvalue weighted by molar-refractivity contribution is 6.11. The molecule has 0 saturated heterocycles. The number of carbonyl (C=O) groups excluding carboxylic acids is 1. The predicted molar refractivity (Wildman–Crippen MR) is 73.4 cm³/mol. The lowest BCUT2D eigenvalue weighted by molar-refractivity contribution is 0.103. The summed E-state index contributed by atoms with van der Waals surface area (Å²) in [5.41, 5.74) is 12.6. The fourth-order valence-electron chi connectivity index (χ4n) is 1.79. The summed E-state index contributed by atoms with van der Waals surface area (Å²) in [6.45, 7) is 0. The summed E-state index contributed by atoms with van der Waals surface area (Å²) in [5, 5.41) is 9.76. The van der Waals surface area contributed by atoms with E-state index in [1.807, 2.05) is 0 Å². The van der Waals surface area contributed by atoms with Crippen molar-refractivity contribution in [3.63, 3.8) is 0 Å². The van der Waals surface area contributed by atoms with Gasteiger partial charge >= 0.3 is 0 Å². The van der Waals surface area contributed by atoms with Gasteiger partial charge in [-0.1, -0.05) is 0 Å². The van der Waals surface area contributed by atoms with E-state index in [0.717, 1.165) is 0 Å². The minimum Gasteiger partial charge on any atom is -0.507 e. The number of ether oxygens (including phenoxy) is 1. The lowest BCUT2D eigenvalue weighted by atomic mass is 10.0. The van der Waals surface area contributed by atoms with Crippen molar-refractivity contribution in [2.24, 2.45) is 0 Å². The van der Waals surface area contributed by atoms with Crippen LogP contribution in [-0.4, -0.2) is 18.0 Å². The van der Waals surface area contributed by atoms with E-state index in [-0.39, 0.29) is 17.1 Å². The number of nitrogens with two attached hydrogens (primary N) is 2. The molecule has 0 radical (unpaired) electrons. The zero-order valence-electron chi connectivity index (χ0n) is 10.4. The van der Waals surface area contributed by atoms with Crippen LogP contribution in [-0.2, 0) is 0 Å². The molecule has 0 aliphatic heterocycles. The molecule has 2 aromatic rings. The van der Waals surface area contributed by atoms with E-state index in [2.05, 4.69) is 0 Å². The molecule has 0 heterocycles. The molecule has 5 heteroatoms. The summed E-state index contributed by atoms with van der Waals surface area (Å²) in [4.78, 5) is 12.3. The fraction of sp³-hybridized carbons (Fsp3) is 0.0714. The van der Waals surface area contributed by atoms with Crippen LogP contribution in [0.2, 0.25) is 0 Å². The van der Waals surface area contributed by atoms with Crippen molar-refractivity contribution in [1.29, 1.82) is 0 Å². The van der Waals surface area contributed by atoms with Crippen molar-refractivity contribution in [1.82, 2.24) is 0 Å². The molecule has 0 amide bonds. The zero-order chi connectivity index (χ0) is 14.0. The van der Waals surface area contributed by atoms with Crippen molar-refractivity contribution in [3.05, 3.63) is 47.5 Å². The number of carbonyl (C=O) groups is 1. The third kappa shape index (κ3) is 2.60. The number of methoxy groups -OCH3 is 1. The third-order valence-electron chi connectivity index (χ3n) is 2.69. The van der Waals surface area contributed by atoms with Gasteiger partial charge in [0.2, 0.25) is 0 Å². The van der Waals surface area contributed by atoms with Gasteiger partial charge < -0.3 is 21.3 Å². The van der Waals surface area contributed by atoms with E-state index in [1.54, 1.807) is 12.1 Å². The maximum absolute atomic E-state index is 12.3. The van der Waals surface area contributed by atoms with Gasteiger partial charge in [-0.3, -0.25) is 4.79 Å². The number of ketones is 1. The van der Waals surface area contributed by atoms with E-state index in [0.29, 0.717) is 22.7 Å². The van der Waals surface area contributed by atoms with Crippen molar-refractivity contribution in [3.8, 4) is 11.5 Å². The minimum atomic E-state index is -0.365. The molecule has 0 aliphatic rings. The summed E-state index contributed by atoms with van der Waals surface area (Å²) in [6.07, 6.45) is 0. The standard InChI is InChI=1S/C14H14N2O3/c1-19-11-2-3-13(17)12(7-11)14(18)8-4-9(15)6-10(16)5-8/h2-7,17H,15-16H2,1H3. The van der Waals surface area contributed by atoms with Crippen molar-refractivity contribution in [2.45, 2.75) is 0 Å². The van der Waals surface area contributed by atoms with Crippen molar-refractivity contribution >= 4 is 17.2 Å². The summed E-state index contributed by atoms with van der Waals surface area (Å²) in [5.74, 6) is 0.000205. The number of phenols is 1. The molecule has 2 aromatic carbocycles. The number of hydrogen-bond donors (Lipinski definition) is 3. The van der Waals surface area contributed by atoms with Gasteiger partial charge in [-0.25, -0.2) is 0 Å². The van der Waals surface area contributed by atoms with Crippen LogP contribution in [0.1, 0.15) is 15.9 Å². The first kappa shape index (κ1) is 12.8. The fourth-order valence-corrected chi connectivity index (χ4v) is 1.79. The van der Waals surface area contributed by atoms with E-state index in [4.69, 9.17) is 16.2 Å². The average Bonchev–Trinajstić information content (AvgIpc) is 2.37. The first-order valence-corrected chi connectivity index (χ1v) is 5.59. The van der Waals surface area contributed by atoms with Crippen LogP contribution in [0, 0.1) is 0 Å². The molecular formula is C14H14N2O3. The predicted octanol–water partition coefficient (Wildman–Crippen LogP) is 1.80. The molecule has 0 saturated carbocycles. The molecule has 5 N–H and O–H groups in total. The van der Waals surface area contributed by atoms with Crippen molar-refractivity contribution < 1.29 is 14.6 Å². The number of phenolic OH excluding ortho intramolecular Hbond substituents is 1. The largest absolute Gasteiger partial charge is 0.507 e. The molecule has 19 heavy (non-hydrogen) atoms. The molecule has 98 valence electrons. The molecule has 0 unspecified atom stereocenters. The van der Waals surface area contributed by atoms with E-state index < -0.39 is 0 Å². The van der Waals surface area contributed by atoms with Crippen LogP contribution in [0.25, 0.3) is 0 Å². The van der Waals surface area contributed by atoms with Gasteiger partial charge in [0.25, 0.3) is 0 Å². The smallest absolute Gasteiger partial charge is 0.197 e. The summed E-state index contributed by atoms with van der Waals surface area (Å²) >= 11 is 0. The van der Waals surface area contributed by atoms with E-state index >= 15 is 0 Å². The molecular weight excluding hydrogens is 244 g/mol. The Kier molecular flexibility index (Phi) is 3.29. The zero-order valence-corrected chi connectivity index (χ0v) is 10.4. The Hall–Kier alpha value is -2.69. The number of rotatable bonds is 3. The normalized spacial score (nSPS) is 10.2. The molecule has 0 atom stereocenters. The molecule has 0 aliphatic carbocycles. The highest BCUT2D eigenvalue weighted by Gasteiger charge is 2.15. The second-order valence-electron chi connectivity index (χ2n) is 4.10. The first-order valence-electron chi connectivity index (χ1n) is 5.59. The van der Waals surface area contributed by atoms with Gasteiger partial charge in [-0.05, 0) is 36.4 Å². The maximum Gasteiger partial charge on any atom is 0.197 e. The maximum atomic E-state index is 12.3. The summed E-state index contributed by atoms with van der Waals surface area (Å²) in [6, 6.07) is 9.02. The van der Waals surface area contributed by atoms with Gasteiger partial charge in [0.05, 0.1) is 12.7 Å². The number of nitrogen functional groups attached to an aromatic ring is 2. The third-order valence-corrected chi connectivity index (χ3v) is 2.69. The van der Waals surface area contributed by atoms with Crippen LogP contribution in [0.4, 0.5) is 11.4 Å². The first-order chi connectivity index (χ1) is 9.01. The van der Waals surface area contributed by atoms with Gasteiger partial charge in [0.1, 0.15) is 11.5 Å². The van der Waals surface area contributed by atoms with Gasteiger partial charge in [-0.15, -0.1) is 0 Å². The highest BCUT2D eigenvalue weighted by atomic mass is 16.5. The molecule has 0 spiro atoms. The number of hydrogen-bond acceptors (Lipinski definition) is 5. The Bertz CT molecular complexity index is 618. The Morgan fingerprint density at radius 2 is 1.74 bits per heavy atom. The van der Waals surface area contributed by atoms with Crippen LogP contribution in [0.3, 0.4) is 0 Å². The molecule has 0 aromatic heterocycles. The molecule has 0 fully saturated rings. The van der Waals surface area contributed by atoms with Crippen LogP contribution in [0.15, 0.2) is 36.4 Å². The highest BCUT2D eigenvalue weighted by Crippen LogP contribution is 2.26. The van der Waals surface area contributed by atoms with Gasteiger partial charge in [0.15, 0.2) is 5.78 Å². The quantitative estimate of drug-likeness (QED) is 0.576. The number of aromatic hydroxyl groups is 1. The van der Waals surface area contributed by atoms with Gasteiger partial charge in [0, 0.05) is 16.9 Å². The average molecular weight is 258 g/mol. The van der Waals surface area contributed by atoms with Gasteiger partial charge in [-0.2, -0.15) is 0 Å². The summed E-state index contributed by atoms with van der Waals surface area (Å²) < 4.78 is 5.03. The second-order valence-corrected chi connectivity index (χ2v) is 4.10. The minimum absolute atomic E-state index is 0.119. The molecule has 0 bridgehead atoms. The number of benzene rings is 2. The van der Waals surface area contributed by atoms with Crippen molar-refractivity contribution in [2.75, 3.05) is 18.6 Å². The Morgan fingerprint density at radius 1 is 1.11 bits per heavy atom. The van der Waals surface area contributed by atoms with E-state index in [1.165, 1.54) is 31.4 Å². The van der Waals surface area contributed by atoms with Crippen LogP contribution >= 0.6 is 0 Å². The monoisotopic (exact) mass is 258 g/mol. The molecule has 5 nitrogen and oxygen atoms in total. The van der Waals surface area contributed by atoms with Crippen LogP contribution in [0.5, 0.6) is 11.5 Å². The second kappa shape index (κ2) is 4.89. The summed E-state index contributed by atoms with van der Waals surface area (Å²) in [7, 11) is 1.49. The van der Waals surface area contributed by atoms with E-state index in [9.17, 15) is 9.90 Å².